The Morgan fingerprint density at radius 2 is 1.56 bits per heavy atom. The Balaban J connectivity index is 4.89. The minimum atomic E-state index is -0.484. The van der Waals surface area contributed by atoms with Crippen molar-refractivity contribution in [2.75, 3.05) is 19.9 Å². The molecule has 0 aromatic carbocycles. The lowest BCUT2D eigenvalue weighted by Crippen LogP contribution is -2.39. The van der Waals surface area contributed by atoms with Gasteiger partial charge in [-0.25, -0.2) is 4.79 Å². The van der Waals surface area contributed by atoms with Crippen LogP contribution in [0.1, 0.15) is 59.8 Å². The lowest BCUT2D eigenvalue weighted by molar-refractivity contribution is -0.146. The molecule has 2 amide bonds. The van der Waals surface area contributed by atoms with Gasteiger partial charge in [0.05, 0.1) is 6.61 Å². The van der Waals surface area contributed by atoms with Gasteiger partial charge in [-0.1, -0.05) is 45.9 Å². The van der Waals surface area contributed by atoms with Crippen LogP contribution < -0.4 is 0 Å². The normalized spacial score (nSPS) is 11.0. The van der Waals surface area contributed by atoms with E-state index in [9.17, 15) is 14.4 Å². The molecule has 6 heteroatoms. The van der Waals surface area contributed by atoms with Crippen molar-refractivity contribution in [2.45, 2.75) is 59.8 Å². The fourth-order valence-electron chi connectivity index (χ4n) is 1.91. The maximum atomic E-state index is 12.6. The minimum absolute atomic E-state index is 0.129. The minimum Gasteiger partial charge on any atom is -0.462 e. The van der Waals surface area contributed by atoms with E-state index < -0.39 is 17.8 Å². The maximum Gasteiger partial charge on any atom is 0.333 e. The first-order valence-electron chi connectivity index (χ1n) is 9.37. The Morgan fingerprint density at radius 3 is 2.11 bits per heavy atom. The van der Waals surface area contributed by atoms with Crippen molar-refractivity contribution in [3.63, 3.8) is 0 Å². The first kappa shape index (κ1) is 24.8. The van der Waals surface area contributed by atoms with Crippen LogP contribution in [0.3, 0.4) is 0 Å². The summed E-state index contributed by atoms with van der Waals surface area (Å²) >= 11 is 0. The predicted octanol–water partition coefficient (Wildman–Crippen LogP) is 3.93. The number of ether oxygens (including phenoxy) is 2. The van der Waals surface area contributed by atoms with E-state index in [1.807, 2.05) is 13.8 Å². The van der Waals surface area contributed by atoms with E-state index in [1.54, 1.807) is 19.9 Å². The summed E-state index contributed by atoms with van der Waals surface area (Å²) < 4.78 is 10.5. The maximum absolute atomic E-state index is 12.6. The van der Waals surface area contributed by atoms with Crippen molar-refractivity contribution in [2.24, 2.45) is 0 Å². The van der Waals surface area contributed by atoms with Crippen LogP contribution in [0, 0.1) is 0 Å². The zero-order chi connectivity index (χ0) is 20.8. The molecule has 0 bridgehead atoms. The van der Waals surface area contributed by atoms with Crippen LogP contribution in [0.4, 0.5) is 0 Å². The molecule has 6 nitrogen and oxygen atoms in total. The molecular formula is C21H33NO5. The van der Waals surface area contributed by atoms with Crippen LogP contribution in [0.2, 0.25) is 0 Å². The lowest BCUT2D eigenvalue weighted by Gasteiger charge is -2.21. The summed E-state index contributed by atoms with van der Waals surface area (Å²) in [5, 5.41) is 0. The zero-order valence-electron chi connectivity index (χ0n) is 17.1. The average molecular weight is 379 g/mol. The van der Waals surface area contributed by atoms with Gasteiger partial charge in [0.25, 0.3) is 11.8 Å². The number of nitrogens with zero attached hydrogens (tertiary/aromatic N) is 1. The molecule has 0 aromatic heterocycles. The quantitative estimate of drug-likeness (QED) is 0.210. The fourth-order valence-corrected chi connectivity index (χ4v) is 1.91. The highest BCUT2D eigenvalue weighted by molar-refractivity contribution is 6.09. The van der Waals surface area contributed by atoms with Gasteiger partial charge >= 0.3 is 5.97 Å². The topological polar surface area (TPSA) is 72.9 Å². The van der Waals surface area contributed by atoms with Crippen molar-refractivity contribution in [1.29, 1.82) is 0 Å². The Bertz CT molecular complexity index is 577. The third-order valence-electron chi connectivity index (χ3n) is 3.73. The molecule has 0 heterocycles. The highest BCUT2D eigenvalue weighted by atomic mass is 16.5. The number of imide groups is 1. The molecule has 0 N–H and O–H groups in total. The summed E-state index contributed by atoms with van der Waals surface area (Å²) in [6, 6.07) is 0. The van der Waals surface area contributed by atoms with Crippen LogP contribution in [0.25, 0.3) is 0 Å². The molecule has 27 heavy (non-hydrogen) atoms. The van der Waals surface area contributed by atoms with Gasteiger partial charge in [0.15, 0.2) is 0 Å². The van der Waals surface area contributed by atoms with Crippen molar-refractivity contribution in [3.05, 3.63) is 36.0 Å². The molecule has 0 spiro atoms. The molecular weight excluding hydrogens is 346 g/mol. The summed E-state index contributed by atoms with van der Waals surface area (Å²) in [6.07, 6.45) is 5.27. The van der Waals surface area contributed by atoms with Gasteiger partial charge in [0.1, 0.15) is 6.73 Å². The first-order valence-corrected chi connectivity index (χ1v) is 9.37. The first-order chi connectivity index (χ1) is 12.8. The molecule has 0 rings (SSSR count). The van der Waals surface area contributed by atoms with Crippen LogP contribution in [0.5, 0.6) is 0 Å². The van der Waals surface area contributed by atoms with Crippen molar-refractivity contribution in [3.8, 4) is 0 Å². The molecule has 0 atom stereocenters. The van der Waals surface area contributed by atoms with E-state index in [-0.39, 0.29) is 24.3 Å². The smallest absolute Gasteiger partial charge is 0.333 e. The van der Waals surface area contributed by atoms with Gasteiger partial charge in [-0.3, -0.25) is 14.5 Å². The largest absolute Gasteiger partial charge is 0.462 e. The van der Waals surface area contributed by atoms with Crippen molar-refractivity contribution < 1.29 is 23.9 Å². The number of hydrogen-bond donors (Lipinski definition) is 0. The number of carbonyl (C=O) groups excluding carboxylic acids is 3. The third kappa shape index (κ3) is 9.89. The second kappa shape index (κ2) is 13.9. The van der Waals surface area contributed by atoms with E-state index in [4.69, 9.17) is 9.47 Å². The van der Waals surface area contributed by atoms with Crippen LogP contribution >= 0.6 is 0 Å². The summed E-state index contributed by atoms with van der Waals surface area (Å²) in [5.74, 6) is -1.44. The SMILES string of the molecule is C=C(C)C(=O)N(COCCCC)C(=O)C(C)=CCC(=C)C(=O)OCCCC. The molecule has 152 valence electrons. The molecule has 0 saturated carbocycles. The summed E-state index contributed by atoms with van der Waals surface area (Å²) in [5.41, 5.74) is 0.834. The second-order valence-electron chi connectivity index (χ2n) is 6.39. The third-order valence-corrected chi connectivity index (χ3v) is 3.73. The summed E-state index contributed by atoms with van der Waals surface area (Å²) in [7, 11) is 0. The molecule has 0 radical (unpaired) electrons. The number of allylic oxidation sites excluding steroid dienone is 1. The van der Waals surface area contributed by atoms with E-state index in [2.05, 4.69) is 13.2 Å². The van der Waals surface area contributed by atoms with Gasteiger partial charge in [-0.15, -0.1) is 0 Å². The van der Waals surface area contributed by atoms with Gasteiger partial charge in [0, 0.05) is 23.3 Å². The highest BCUT2D eigenvalue weighted by Gasteiger charge is 2.23. The highest BCUT2D eigenvalue weighted by Crippen LogP contribution is 2.11. The van der Waals surface area contributed by atoms with Gasteiger partial charge in [-0.05, 0) is 33.1 Å². The van der Waals surface area contributed by atoms with Crippen molar-refractivity contribution >= 4 is 17.8 Å². The van der Waals surface area contributed by atoms with Crippen LogP contribution in [-0.4, -0.2) is 42.6 Å². The van der Waals surface area contributed by atoms with Gasteiger partial charge in [0.2, 0.25) is 0 Å². The number of rotatable bonds is 13. The summed E-state index contributed by atoms with van der Waals surface area (Å²) in [4.78, 5) is 37.7. The van der Waals surface area contributed by atoms with E-state index in [0.717, 1.165) is 30.6 Å². The standard InChI is InChI=1S/C21H33NO5/c1-7-9-13-26-15-22(19(23)16(3)4)20(24)17(5)11-12-18(6)21(25)27-14-10-8-2/h11H,3,6-10,12-15H2,1-2,4-5H3. The Kier molecular flexibility index (Phi) is 12.8. The number of unbranched alkanes of at least 4 members (excludes halogenated alkanes) is 2. The molecule has 0 saturated heterocycles. The van der Waals surface area contributed by atoms with Gasteiger partial charge < -0.3 is 9.47 Å². The Labute approximate surface area is 162 Å². The zero-order valence-corrected chi connectivity index (χ0v) is 17.1. The number of esters is 1. The monoisotopic (exact) mass is 379 g/mol. The summed E-state index contributed by atoms with van der Waals surface area (Å²) in [6.45, 7) is 15.1. The molecule has 0 fully saturated rings. The molecule has 0 aromatic rings. The lowest BCUT2D eigenvalue weighted by atomic mass is 10.1. The molecule has 0 aliphatic rings. The van der Waals surface area contributed by atoms with Crippen molar-refractivity contribution in [1.82, 2.24) is 4.90 Å². The number of amides is 2. The van der Waals surface area contributed by atoms with E-state index >= 15 is 0 Å². The molecule has 0 aliphatic carbocycles. The van der Waals surface area contributed by atoms with Crippen LogP contribution in [-0.2, 0) is 23.9 Å². The van der Waals surface area contributed by atoms with Gasteiger partial charge in [-0.2, -0.15) is 0 Å². The Hall–Kier alpha value is -2.21. The van der Waals surface area contributed by atoms with E-state index in [1.165, 1.54) is 0 Å². The molecule has 0 aliphatic heterocycles. The second-order valence-corrected chi connectivity index (χ2v) is 6.39. The average Bonchev–Trinajstić information content (AvgIpc) is 2.64. The fraction of sp³-hybridized carbons (Fsp3) is 0.571. The Morgan fingerprint density at radius 1 is 0.963 bits per heavy atom. The molecule has 0 unspecified atom stereocenters. The number of carbonyl (C=O) groups is 3. The van der Waals surface area contributed by atoms with E-state index in [0.29, 0.717) is 18.8 Å². The predicted molar refractivity (Wildman–Crippen MR) is 106 cm³/mol. The van der Waals surface area contributed by atoms with Crippen LogP contribution in [0.15, 0.2) is 36.0 Å². The number of hydrogen-bond acceptors (Lipinski definition) is 5.